The van der Waals surface area contributed by atoms with Crippen LogP contribution in [0.15, 0.2) is 0 Å². The summed E-state index contributed by atoms with van der Waals surface area (Å²) in [6, 6.07) is 0. The Bertz CT molecular complexity index is 354. The van der Waals surface area contributed by atoms with Gasteiger partial charge in [-0.25, -0.2) is 0 Å². The first kappa shape index (κ1) is 12.8. The van der Waals surface area contributed by atoms with Gasteiger partial charge in [0.1, 0.15) is 24.9 Å². The second-order valence-electron chi connectivity index (χ2n) is 5.96. The lowest BCUT2D eigenvalue weighted by molar-refractivity contribution is -0.294. The highest BCUT2D eigenvalue weighted by Crippen LogP contribution is 2.47. The number of ether oxygens (including phenoxy) is 5. The molecule has 3 aliphatic heterocycles. The van der Waals surface area contributed by atoms with E-state index in [0.29, 0.717) is 6.61 Å². The summed E-state index contributed by atoms with van der Waals surface area (Å²) < 4.78 is 28.9. The quantitative estimate of drug-likeness (QED) is 0.692. The van der Waals surface area contributed by atoms with Crippen molar-refractivity contribution in [1.82, 2.24) is 0 Å². The molecule has 0 bridgehead atoms. The predicted molar refractivity (Wildman–Crippen MR) is 59.6 cm³/mol. The fraction of sp³-hybridized carbons (Fsp3) is 1.00. The molecule has 0 radical (unpaired) electrons. The average molecular weight is 266 g/mol. The van der Waals surface area contributed by atoms with Gasteiger partial charge >= 0.3 is 0 Å². The summed E-state index contributed by atoms with van der Waals surface area (Å²) in [7, 11) is 0. The Morgan fingerprint density at radius 2 is 1.78 bits per heavy atom. The molecule has 0 aromatic heterocycles. The summed E-state index contributed by atoms with van der Waals surface area (Å²) in [5.74, 6) is -2.62. The zero-order valence-corrected chi connectivity index (χ0v) is 11.1. The molecular weight excluding hydrogens is 246 g/mol. The first-order valence-electron chi connectivity index (χ1n) is 6.25. The minimum absolute atomic E-state index is 0.192. The van der Waals surface area contributed by atoms with Crippen molar-refractivity contribution in [2.24, 2.45) is 0 Å². The minimum atomic E-state index is -1.14. The zero-order chi connectivity index (χ0) is 13.2. The van der Waals surface area contributed by atoms with Crippen LogP contribution in [-0.2, 0) is 23.7 Å². The van der Waals surface area contributed by atoms with E-state index in [0.717, 1.165) is 0 Å². The summed E-state index contributed by atoms with van der Waals surface area (Å²) in [5, 5.41) is 9.61. The Balaban J connectivity index is 1.90. The van der Waals surface area contributed by atoms with E-state index < -0.39 is 23.5 Å². The molecule has 0 aromatic carbocycles. The van der Waals surface area contributed by atoms with Crippen LogP contribution in [0.2, 0.25) is 0 Å². The van der Waals surface area contributed by atoms with E-state index in [9.17, 15) is 5.11 Å². The average Bonchev–Trinajstić information content (AvgIpc) is 2.70. The lowest BCUT2D eigenvalue weighted by Crippen LogP contribution is -2.60. The Hall–Kier alpha value is -0.240. The molecule has 104 valence electrons. The molecule has 3 fully saturated rings. The number of aliphatic hydroxyl groups is 1. The predicted octanol–water partition coefficient (Wildman–Crippen LogP) is 0.377. The second kappa shape index (κ2) is 3.65. The van der Waals surface area contributed by atoms with Crippen LogP contribution >= 0.6 is 0 Å². The minimum Gasteiger partial charge on any atom is -0.391 e. The third-order valence-electron chi connectivity index (χ3n) is 3.50. The van der Waals surface area contributed by atoms with E-state index in [4.69, 9.17) is 23.7 Å². The molecule has 0 spiro atoms. The highest BCUT2D eigenvalue weighted by atomic mass is 17.0. The smallest absolute Gasteiger partial charge is 0.224 e. The molecule has 3 heterocycles. The van der Waals surface area contributed by atoms with Crippen LogP contribution in [0.5, 0.6) is 0 Å². The Labute approximate surface area is 106 Å². The first-order valence-corrected chi connectivity index (χ1v) is 6.25. The summed E-state index contributed by atoms with van der Waals surface area (Å²) >= 11 is 0. The van der Waals surface area contributed by atoms with E-state index in [1.807, 2.05) is 13.8 Å². The molecule has 3 aliphatic rings. The third-order valence-corrected chi connectivity index (χ3v) is 3.50. The van der Waals surface area contributed by atoms with Crippen LogP contribution in [0.4, 0.5) is 0 Å². The van der Waals surface area contributed by atoms with Gasteiger partial charge in [0.15, 0.2) is 11.6 Å². The van der Waals surface area contributed by atoms with Crippen molar-refractivity contribution in [2.45, 2.75) is 63.4 Å². The number of rotatable bonds is 1. The molecule has 4 atom stereocenters. The molecule has 6 heteroatoms. The molecule has 3 rings (SSSR count). The highest BCUT2D eigenvalue weighted by Gasteiger charge is 2.65. The molecule has 0 unspecified atom stereocenters. The molecule has 3 saturated heterocycles. The Morgan fingerprint density at radius 1 is 1.06 bits per heavy atom. The SMILES string of the molecule is [13CH3][13C]1([13CH3])O[C@@H]2[C@@H](CO[C@@]3(CO)O[13C]([13CH3])([13CH3])O[C@@H]23)O1. The maximum Gasteiger partial charge on any atom is 0.224 e. The van der Waals surface area contributed by atoms with Gasteiger partial charge in [-0.05, 0) is 27.7 Å². The molecule has 0 aromatic rings. The summed E-state index contributed by atoms with van der Waals surface area (Å²) in [6.07, 6.45) is -0.970. The summed E-state index contributed by atoms with van der Waals surface area (Å²) in [5.41, 5.74) is 0. The topological polar surface area (TPSA) is 66.4 Å². The Kier molecular flexibility index (Phi) is 2.59. The van der Waals surface area contributed by atoms with Gasteiger partial charge in [-0.1, -0.05) is 0 Å². The van der Waals surface area contributed by atoms with Crippen LogP contribution in [-0.4, -0.2) is 54.0 Å². The number of hydrogen-bond donors (Lipinski definition) is 1. The number of aliphatic hydroxyl groups excluding tert-OH is 1. The van der Waals surface area contributed by atoms with Crippen LogP contribution < -0.4 is 0 Å². The molecule has 18 heavy (non-hydrogen) atoms. The van der Waals surface area contributed by atoms with Crippen LogP contribution in [0.25, 0.3) is 0 Å². The van der Waals surface area contributed by atoms with E-state index in [-0.39, 0.29) is 18.8 Å². The number of hydrogen-bond acceptors (Lipinski definition) is 6. The first-order chi connectivity index (χ1) is 8.27. The normalized spacial score (nSPS) is 48.8. The maximum absolute atomic E-state index is 9.61. The van der Waals surface area contributed by atoms with Gasteiger partial charge in [-0.15, -0.1) is 0 Å². The van der Waals surface area contributed by atoms with Gasteiger partial charge in [0.2, 0.25) is 5.79 Å². The molecule has 1 N–H and O–H groups in total. The maximum atomic E-state index is 9.61. The van der Waals surface area contributed by atoms with Crippen molar-refractivity contribution in [1.29, 1.82) is 0 Å². The van der Waals surface area contributed by atoms with Crippen molar-refractivity contribution in [3.63, 3.8) is 0 Å². The van der Waals surface area contributed by atoms with E-state index in [2.05, 4.69) is 0 Å². The molecule has 0 aliphatic carbocycles. The van der Waals surface area contributed by atoms with Gasteiger partial charge in [-0.3, -0.25) is 0 Å². The van der Waals surface area contributed by atoms with Crippen LogP contribution in [0, 0.1) is 0 Å². The van der Waals surface area contributed by atoms with Gasteiger partial charge in [0.25, 0.3) is 0 Å². The van der Waals surface area contributed by atoms with Crippen molar-refractivity contribution in [3.05, 3.63) is 0 Å². The molecule has 6 nitrogen and oxygen atoms in total. The van der Waals surface area contributed by atoms with Crippen LogP contribution in [0.1, 0.15) is 27.7 Å². The summed E-state index contributed by atoms with van der Waals surface area (Å²) in [6.45, 7) is 7.35. The van der Waals surface area contributed by atoms with Crippen molar-refractivity contribution >= 4 is 0 Å². The monoisotopic (exact) mass is 266 g/mol. The van der Waals surface area contributed by atoms with Gasteiger partial charge in [-0.2, -0.15) is 0 Å². The van der Waals surface area contributed by atoms with E-state index in [1.54, 1.807) is 13.8 Å². The molecule has 0 amide bonds. The standard InChI is InChI=1S/C12H20O6/c1-10(2)15-7-5-14-12(6-13)9(8(7)16-10)17-11(3,4)18-12/h7-9,13H,5-6H2,1-4H3/t7-,8-,9+,12+/m1/s1/i1+1,2+1,3+1,4+1,10+1,11+1. The highest BCUT2D eigenvalue weighted by molar-refractivity contribution is 5.03. The van der Waals surface area contributed by atoms with Gasteiger partial charge in [0.05, 0.1) is 6.61 Å². The molecular formula is C12H20O6. The van der Waals surface area contributed by atoms with Gasteiger partial charge < -0.3 is 28.8 Å². The fourth-order valence-electron chi connectivity index (χ4n) is 2.96. The van der Waals surface area contributed by atoms with Crippen LogP contribution in [0.3, 0.4) is 0 Å². The fourth-order valence-corrected chi connectivity index (χ4v) is 2.96. The van der Waals surface area contributed by atoms with Crippen molar-refractivity contribution in [2.75, 3.05) is 13.2 Å². The number of fused-ring (bicyclic) bond motifs is 3. The largest absolute Gasteiger partial charge is 0.391 e. The van der Waals surface area contributed by atoms with Crippen molar-refractivity contribution < 1.29 is 28.8 Å². The Morgan fingerprint density at radius 3 is 2.44 bits per heavy atom. The van der Waals surface area contributed by atoms with E-state index >= 15 is 0 Å². The molecule has 0 saturated carbocycles. The van der Waals surface area contributed by atoms with Gasteiger partial charge in [0, 0.05) is 0 Å². The van der Waals surface area contributed by atoms with Crippen molar-refractivity contribution in [3.8, 4) is 0 Å². The lowest BCUT2D eigenvalue weighted by atomic mass is 9.98. The zero-order valence-electron chi connectivity index (χ0n) is 11.1. The van der Waals surface area contributed by atoms with E-state index in [1.165, 1.54) is 0 Å². The summed E-state index contributed by atoms with van der Waals surface area (Å²) in [4.78, 5) is 0. The second-order valence-corrected chi connectivity index (χ2v) is 5.96. The lowest BCUT2D eigenvalue weighted by Gasteiger charge is -2.39. The third kappa shape index (κ3) is 1.79.